The van der Waals surface area contributed by atoms with Crippen molar-refractivity contribution in [2.24, 2.45) is 5.92 Å². The molecule has 0 radical (unpaired) electrons. The Morgan fingerprint density at radius 1 is 0.636 bits per heavy atom. The molecule has 0 aromatic rings. The van der Waals surface area contributed by atoms with Gasteiger partial charge < -0.3 is 9.47 Å². The molecule has 33 heavy (non-hydrogen) atoms. The molecule has 1 unspecified atom stereocenters. The lowest BCUT2D eigenvalue weighted by molar-refractivity contribution is -0.138. The summed E-state index contributed by atoms with van der Waals surface area (Å²) >= 11 is 0. The van der Waals surface area contributed by atoms with E-state index < -0.39 is 0 Å². The van der Waals surface area contributed by atoms with E-state index in [-0.39, 0.29) is 5.97 Å². The van der Waals surface area contributed by atoms with E-state index >= 15 is 0 Å². The summed E-state index contributed by atoms with van der Waals surface area (Å²) in [5, 5.41) is 0. The van der Waals surface area contributed by atoms with Gasteiger partial charge in [-0.25, -0.2) is 4.79 Å². The molecule has 0 N–H and O–H groups in total. The van der Waals surface area contributed by atoms with Gasteiger partial charge in [-0.1, -0.05) is 129 Å². The zero-order valence-corrected chi connectivity index (χ0v) is 22.9. The number of esters is 1. The Morgan fingerprint density at radius 3 is 1.42 bits per heavy atom. The predicted molar refractivity (Wildman–Crippen MR) is 144 cm³/mol. The minimum absolute atomic E-state index is 0.271. The van der Waals surface area contributed by atoms with Crippen molar-refractivity contribution in [3.05, 3.63) is 11.8 Å². The fourth-order valence-corrected chi connectivity index (χ4v) is 4.40. The molecular weight excluding hydrogens is 408 g/mol. The van der Waals surface area contributed by atoms with Crippen LogP contribution in [0.15, 0.2) is 11.8 Å². The zero-order chi connectivity index (χ0) is 24.4. The third-order valence-corrected chi connectivity index (χ3v) is 6.62. The van der Waals surface area contributed by atoms with Crippen LogP contribution in [0.1, 0.15) is 156 Å². The van der Waals surface area contributed by atoms with E-state index in [1.807, 2.05) is 6.92 Å². The number of hydrogen-bond donors (Lipinski definition) is 0. The van der Waals surface area contributed by atoms with E-state index in [1.54, 1.807) is 13.2 Å². The number of hydrogen-bond acceptors (Lipinski definition) is 3. The fourth-order valence-electron chi connectivity index (χ4n) is 4.40. The Bertz CT molecular complexity index is 444. The second-order valence-electron chi connectivity index (χ2n) is 9.95. The number of carbonyl (C=O) groups excluding carboxylic acids is 1. The van der Waals surface area contributed by atoms with Gasteiger partial charge in [-0.3, -0.25) is 0 Å². The van der Waals surface area contributed by atoms with Crippen LogP contribution >= 0.6 is 0 Å². The first-order valence-corrected chi connectivity index (χ1v) is 14.6. The standard InChI is InChI=1S/C30H58O3/c1-5-8-10-12-14-16-17-19-21-23-25-29(24-22-20-18-15-13-11-9-6-2)27-32-26-28(4)30(31)33-7-3/h26,29H,5-25,27H2,1-4H3/b28-26+. The van der Waals surface area contributed by atoms with Gasteiger partial charge in [0.05, 0.1) is 25.0 Å². The first-order valence-electron chi connectivity index (χ1n) is 14.6. The normalized spacial score (nSPS) is 12.7. The molecule has 0 spiro atoms. The highest BCUT2D eigenvalue weighted by atomic mass is 16.5. The fraction of sp³-hybridized carbons (Fsp3) is 0.900. The molecule has 0 heterocycles. The molecule has 1 atom stereocenters. The van der Waals surface area contributed by atoms with E-state index in [2.05, 4.69) is 13.8 Å². The van der Waals surface area contributed by atoms with Crippen LogP contribution < -0.4 is 0 Å². The Labute approximate surface area is 207 Å². The lowest BCUT2D eigenvalue weighted by Crippen LogP contribution is -2.10. The summed E-state index contributed by atoms with van der Waals surface area (Å²) in [4.78, 5) is 11.8. The van der Waals surface area contributed by atoms with Crippen LogP contribution in [0.5, 0.6) is 0 Å². The van der Waals surface area contributed by atoms with Crippen LogP contribution in [0.2, 0.25) is 0 Å². The van der Waals surface area contributed by atoms with Crippen LogP contribution in [0.4, 0.5) is 0 Å². The van der Waals surface area contributed by atoms with Crippen LogP contribution in [-0.2, 0) is 14.3 Å². The highest BCUT2D eigenvalue weighted by Gasteiger charge is 2.10. The SMILES string of the molecule is CCCCCCCCCCCCC(CCCCCCCCCC)CO/C=C(\C)C(=O)OCC. The van der Waals surface area contributed by atoms with Gasteiger partial charge in [0.1, 0.15) is 0 Å². The first kappa shape index (κ1) is 32.0. The van der Waals surface area contributed by atoms with Gasteiger partial charge in [-0.2, -0.15) is 0 Å². The lowest BCUT2D eigenvalue weighted by atomic mass is 9.94. The molecule has 0 amide bonds. The molecule has 0 aliphatic heterocycles. The van der Waals surface area contributed by atoms with Gasteiger partial charge in [0.15, 0.2) is 0 Å². The van der Waals surface area contributed by atoms with Gasteiger partial charge in [0.2, 0.25) is 0 Å². The number of carbonyl (C=O) groups is 1. The third-order valence-electron chi connectivity index (χ3n) is 6.62. The highest BCUT2D eigenvalue weighted by Crippen LogP contribution is 2.20. The highest BCUT2D eigenvalue weighted by molar-refractivity contribution is 5.87. The average Bonchev–Trinajstić information content (AvgIpc) is 2.81. The summed E-state index contributed by atoms with van der Waals surface area (Å²) in [7, 11) is 0. The Kier molecular flexibility index (Phi) is 24.9. The summed E-state index contributed by atoms with van der Waals surface area (Å²) in [5.41, 5.74) is 0.557. The Morgan fingerprint density at radius 2 is 1.03 bits per heavy atom. The summed E-state index contributed by atoms with van der Waals surface area (Å²) in [5.74, 6) is 0.331. The van der Waals surface area contributed by atoms with Crippen molar-refractivity contribution in [3.63, 3.8) is 0 Å². The van der Waals surface area contributed by atoms with E-state index in [4.69, 9.17) is 9.47 Å². The van der Waals surface area contributed by atoms with Crippen LogP contribution in [-0.4, -0.2) is 19.2 Å². The second kappa shape index (κ2) is 25.6. The van der Waals surface area contributed by atoms with Crippen LogP contribution in [0.25, 0.3) is 0 Å². The van der Waals surface area contributed by atoms with Crippen molar-refractivity contribution in [2.75, 3.05) is 13.2 Å². The average molecular weight is 467 g/mol. The van der Waals surface area contributed by atoms with E-state index in [0.717, 1.165) is 6.61 Å². The van der Waals surface area contributed by atoms with Crippen molar-refractivity contribution in [1.29, 1.82) is 0 Å². The van der Waals surface area contributed by atoms with E-state index in [0.29, 0.717) is 18.1 Å². The minimum atomic E-state index is -0.271. The number of unbranched alkanes of at least 4 members (excludes halogenated alkanes) is 16. The molecule has 0 aromatic heterocycles. The first-order chi connectivity index (χ1) is 16.2. The largest absolute Gasteiger partial charge is 0.500 e. The maximum atomic E-state index is 11.8. The molecule has 0 fully saturated rings. The van der Waals surface area contributed by atoms with E-state index in [1.165, 1.54) is 128 Å². The summed E-state index contributed by atoms with van der Waals surface area (Å²) in [6.07, 6.45) is 28.9. The monoisotopic (exact) mass is 466 g/mol. The van der Waals surface area contributed by atoms with Crippen molar-refractivity contribution in [3.8, 4) is 0 Å². The van der Waals surface area contributed by atoms with Gasteiger partial charge in [-0.15, -0.1) is 0 Å². The van der Waals surface area contributed by atoms with Gasteiger partial charge in [-0.05, 0) is 32.6 Å². The summed E-state index contributed by atoms with van der Waals surface area (Å²) < 4.78 is 10.9. The van der Waals surface area contributed by atoms with E-state index in [9.17, 15) is 4.79 Å². The van der Waals surface area contributed by atoms with Gasteiger partial charge in [0.25, 0.3) is 0 Å². The molecule has 0 saturated carbocycles. The number of ether oxygens (including phenoxy) is 2. The number of rotatable bonds is 25. The van der Waals surface area contributed by atoms with Gasteiger partial charge >= 0.3 is 5.97 Å². The molecule has 3 heteroatoms. The van der Waals surface area contributed by atoms with Crippen molar-refractivity contribution >= 4 is 5.97 Å². The molecule has 3 nitrogen and oxygen atoms in total. The zero-order valence-electron chi connectivity index (χ0n) is 22.9. The molecule has 0 aliphatic carbocycles. The predicted octanol–water partition coefficient (Wildman–Crippen LogP) is 9.93. The second-order valence-corrected chi connectivity index (χ2v) is 9.95. The molecule has 0 bridgehead atoms. The maximum Gasteiger partial charge on any atom is 0.336 e. The Balaban J connectivity index is 4.11. The van der Waals surface area contributed by atoms with Crippen LogP contribution in [0, 0.1) is 5.92 Å². The smallest absolute Gasteiger partial charge is 0.336 e. The van der Waals surface area contributed by atoms with Crippen molar-refractivity contribution in [2.45, 2.75) is 156 Å². The topological polar surface area (TPSA) is 35.5 Å². The maximum absolute atomic E-state index is 11.8. The molecule has 0 saturated heterocycles. The van der Waals surface area contributed by atoms with Crippen molar-refractivity contribution < 1.29 is 14.3 Å². The van der Waals surface area contributed by atoms with Crippen molar-refractivity contribution in [1.82, 2.24) is 0 Å². The summed E-state index contributed by atoms with van der Waals surface area (Å²) in [6, 6.07) is 0. The van der Waals surface area contributed by atoms with Gasteiger partial charge in [0, 0.05) is 0 Å². The quantitative estimate of drug-likeness (QED) is 0.0581. The molecule has 0 aliphatic rings. The molecule has 0 rings (SSSR count). The molecule has 0 aromatic carbocycles. The third kappa shape index (κ3) is 22.6. The molecule has 196 valence electrons. The lowest BCUT2D eigenvalue weighted by Gasteiger charge is -2.17. The van der Waals surface area contributed by atoms with Crippen LogP contribution in [0.3, 0.4) is 0 Å². The summed E-state index contributed by atoms with van der Waals surface area (Å²) in [6.45, 7) is 9.30. The molecular formula is C30H58O3. The minimum Gasteiger partial charge on any atom is -0.500 e. The Hall–Kier alpha value is -0.990.